The summed E-state index contributed by atoms with van der Waals surface area (Å²) < 4.78 is 27.5. The number of aliphatic hydroxyl groups excluding tert-OH is 1. The molecule has 3 unspecified atom stereocenters. The maximum Gasteiger partial charge on any atom is 0.184 e. The Balaban J connectivity index is 1.76. The van der Waals surface area contributed by atoms with Crippen molar-refractivity contribution < 1.29 is 28.8 Å². The normalized spacial score (nSPS) is 35.6. The molecule has 9 heteroatoms. The lowest BCUT2D eigenvalue weighted by atomic mass is 9.96. The maximum atomic E-state index is 10.5. The Morgan fingerprint density at radius 2 is 2.00 bits per heavy atom. The molecular weight excluding hydrogens is 318 g/mol. The van der Waals surface area contributed by atoms with Crippen molar-refractivity contribution in [1.82, 2.24) is 0 Å². The van der Waals surface area contributed by atoms with Crippen LogP contribution in [0.2, 0.25) is 0 Å². The lowest BCUT2D eigenvalue weighted by molar-refractivity contribution is -0.338. The van der Waals surface area contributed by atoms with Gasteiger partial charge in [-0.15, -0.1) is 0 Å². The monoisotopic (exact) mass is 337 g/mol. The molecule has 2 aliphatic heterocycles. The zero-order chi connectivity index (χ0) is 17.1. The van der Waals surface area contributed by atoms with E-state index >= 15 is 0 Å². The number of aliphatic hydroxyl groups is 1. The van der Waals surface area contributed by atoms with Crippen molar-refractivity contribution >= 4 is 0 Å². The minimum Gasteiger partial charge on any atom is -0.497 e. The quantitative estimate of drug-likeness (QED) is 0.506. The minimum absolute atomic E-state index is 0.223. The molecule has 0 aliphatic carbocycles. The summed E-state index contributed by atoms with van der Waals surface area (Å²) in [7, 11) is 3.01. The number of fused-ring (bicyclic) bond motifs is 1. The molecule has 9 nitrogen and oxygen atoms in total. The van der Waals surface area contributed by atoms with Gasteiger partial charge in [-0.1, -0.05) is 17.2 Å². The van der Waals surface area contributed by atoms with Crippen molar-refractivity contribution in [2.24, 2.45) is 5.11 Å². The van der Waals surface area contributed by atoms with E-state index < -0.39 is 36.9 Å². The van der Waals surface area contributed by atoms with Gasteiger partial charge in [-0.2, -0.15) is 0 Å². The summed E-state index contributed by atoms with van der Waals surface area (Å²) in [5, 5.41) is 14.1. The molecule has 0 amide bonds. The summed E-state index contributed by atoms with van der Waals surface area (Å²) in [5.41, 5.74) is 9.47. The number of azide groups is 1. The Labute approximate surface area is 138 Å². The Hall–Kier alpha value is -1.87. The lowest BCUT2D eigenvalue weighted by Crippen LogP contribution is -2.61. The first kappa shape index (κ1) is 17.0. The van der Waals surface area contributed by atoms with Gasteiger partial charge in [0.2, 0.25) is 0 Å². The zero-order valence-electron chi connectivity index (χ0n) is 13.3. The molecule has 130 valence electrons. The van der Waals surface area contributed by atoms with Crippen LogP contribution in [-0.4, -0.2) is 56.6 Å². The second kappa shape index (κ2) is 7.35. The van der Waals surface area contributed by atoms with E-state index in [2.05, 4.69) is 10.0 Å². The number of nitrogens with zero attached hydrogens (tertiary/aromatic N) is 3. The molecule has 0 saturated carbocycles. The maximum absolute atomic E-state index is 10.5. The highest BCUT2D eigenvalue weighted by atomic mass is 16.7. The Morgan fingerprint density at radius 3 is 2.62 bits per heavy atom. The number of methoxy groups -OCH3 is 2. The van der Waals surface area contributed by atoms with Crippen molar-refractivity contribution in [2.45, 2.75) is 36.9 Å². The molecule has 2 heterocycles. The van der Waals surface area contributed by atoms with E-state index in [0.29, 0.717) is 0 Å². The second-order valence-corrected chi connectivity index (χ2v) is 5.50. The van der Waals surface area contributed by atoms with Crippen LogP contribution >= 0.6 is 0 Å². The van der Waals surface area contributed by atoms with E-state index in [1.807, 2.05) is 12.1 Å². The summed E-state index contributed by atoms with van der Waals surface area (Å²) in [6.07, 6.45) is -3.75. The smallest absolute Gasteiger partial charge is 0.184 e. The molecule has 1 aromatic carbocycles. The highest BCUT2D eigenvalue weighted by Crippen LogP contribution is 2.35. The van der Waals surface area contributed by atoms with Crippen LogP contribution in [0.15, 0.2) is 29.4 Å². The van der Waals surface area contributed by atoms with Crippen LogP contribution < -0.4 is 4.74 Å². The van der Waals surface area contributed by atoms with Crippen LogP contribution in [0.4, 0.5) is 0 Å². The van der Waals surface area contributed by atoms with Crippen LogP contribution in [0, 0.1) is 0 Å². The molecule has 0 aromatic heterocycles. The standard InChI is InChI=1S/C15H19N3O6/c1-20-9-5-3-8(4-6-9)14-22-7-10-13(24-14)12(19)11(17-18-16)15(21-2)23-10/h3-6,10-15,19H,7H2,1-2H3/t10?,11?,12-,13-,14?,15+/m1/s1. The molecule has 3 rings (SSSR count). The predicted octanol–water partition coefficient (Wildman–Crippen LogP) is 1.52. The average Bonchev–Trinajstić information content (AvgIpc) is 2.63. The molecule has 24 heavy (non-hydrogen) atoms. The third kappa shape index (κ3) is 3.18. The molecule has 0 bridgehead atoms. The lowest BCUT2D eigenvalue weighted by Gasteiger charge is -2.46. The summed E-state index contributed by atoms with van der Waals surface area (Å²) in [4.78, 5) is 2.75. The van der Waals surface area contributed by atoms with Crippen molar-refractivity contribution in [3.05, 3.63) is 40.3 Å². The first-order chi connectivity index (χ1) is 11.7. The Morgan fingerprint density at radius 1 is 1.25 bits per heavy atom. The van der Waals surface area contributed by atoms with Crippen LogP contribution in [0.1, 0.15) is 11.9 Å². The van der Waals surface area contributed by atoms with E-state index in [0.717, 1.165) is 11.3 Å². The predicted molar refractivity (Wildman–Crippen MR) is 81.2 cm³/mol. The van der Waals surface area contributed by atoms with Crippen molar-refractivity contribution in [3.8, 4) is 5.75 Å². The molecule has 2 saturated heterocycles. The third-order valence-electron chi connectivity index (χ3n) is 4.14. The van der Waals surface area contributed by atoms with Gasteiger partial charge < -0.3 is 28.8 Å². The van der Waals surface area contributed by atoms with Gasteiger partial charge in [0.15, 0.2) is 12.6 Å². The molecule has 2 fully saturated rings. The molecule has 0 spiro atoms. The SMILES string of the molecule is COc1ccc(C2OCC3O[C@H](OC)C(N=[N+]=[N-])[C@@H](O)[C@@H]3O2)cc1. The minimum atomic E-state index is -1.06. The highest BCUT2D eigenvalue weighted by molar-refractivity contribution is 5.28. The van der Waals surface area contributed by atoms with Crippen LogP contribution in [-0.2, 0) is 18.9 Å². The van der Waals surface area contributed by atoms with Gasteiger partial charge in [0.1, 0.15) is 24.0 Å². The molecule has 2 aliphatic rings. The van der Waals surface area contributed by atoms with Gasteiger partial charge in [0.05, 0.1) is 19.8 Å². The van der Waals surface area contributed by atoms with Gasteiger partial charge in [-0.05, 0) is 17.7 Å². The zero-order valence-corrected chi connectivity index (χ0v) is 13.3. The van der Waals surface area contributed by atoms with E-state index in [1.54, 1.807) is 19.2 Å². The van der Waals surface area contributed by atoms with Gasteiger partial charge in [-0.25, -0.2) is 0 Å². The van der Waals surface area contributed by atoms with Crippen molar-refractivity contribution in [1.29, 1.82) is 0 Å². The van der Waals surface area contributed by atoms with Gasteiger partial charge >= 0.3 is 0 Å². The van der Waals surface area contributed by atoms with Crippen LogP contribution in [0.25, 0.3) is 10.4 Å². The molecule has 1 N–H and O–H groups in total. The summed E-state index contributed by atoms with van der Waals surface area (Å²) >= 11 is 0. The summed E-state index contributed by atoms with van der Waals surface area (Å²) in [6, 6.07) is 6.35. The fraction of sp³-hybridized carbons (Fsp3) is 0.600. The average molecular weight is 337 g/mol. The third-order valence-corrected chi connectivity index (χ3v) is 4.14. The number of ether oxygens (including phenoxy) is 5. The number of hydrogen-bond acceptors (Lipinski definition) is 7. The molecule has 0 radical (unpaired) electrons. The fourth-order valence-electron chi connectivity index (χ4n) is 2.89. The van der Waals surface area contributed by atoms with E-state index in [9.17, 15) is 5.11 Å². The molecule has 6 atom stereocenters. The van der Waals surface area contributed by atoms with Gasteiger partial charge in [0, 0.05) is 17.6 Å². The van der Waals surface area contributed by atoms with E-state index in [4.69, 9.17) is 29.2 Å². The first-order valence-corrected chi connectivity index (χ1v) is 7.49. The molecule has 1 aromatic rings. The van der Waals surface area contributed by atoms with Gasteiger partial charge in [0.25, 0.3) is 0 Å². The van der Waals surface area contributed by atoms with Crippen molar-refractivity contribution in [3.63, 3.8) is 0 Å². The summed E-state index contributed by atoms with van der Waals surface area (Å²) in [5.74, 6) is 0.722. The Kier molecular flexibility index (Phi) is 5.20. The van der Waals surface area contributed by atoms with Crippen molar-refractivity contribution in [2.75, 3.05) is 20.8 Å². The van der Waals surface area contributed by atoms with Gasteiger partial charge in [-0.3, -0.25) is 0 Å². The topological polar surface area (TPSA) is 115 Å². The number of benzene rings is 1. The Bertz CT molecular complexity index is 606. The largest absolute Gasteiger partial charge is 0.497 e. The summed E-state index contributed by atoms with van der Waals surface area (Å²) in [6.45, 7) is 0.223. The van der Waals surface area contributed by atoms with Crippen LogP contribution in [0.3, 0.4) is 0 Å². The second-order valence-electron chi connectivity index (χ2n) is 5.50. The number of rotatable bonds is 4. The first-order valence-electron chi connectivity index (χ1n) is 7.49. The van der Waals surface area contributed by atoms with E-state index in [-0.39, 0.29) is 6.61 Å². The fourth-order valence-corrected chi connectivity index (χ4v) is 2.89. The van der Waals surface area contributed by atoms with Crippen LogP contribution in [0.5, 0.6) is 5.75 Å². The highest BCUT2D eigenvalue weighted by Gasteiger charge is 2.49. The van der Waals surface area contributed by atoms with E-state index in [1.165, 1.54) is 7.11 Å². The molecular formula is C15H19N3O6. The number of hydrogen-bond donors (Lipinski definition) is 1.